The van der Waals surface area contributed by atoms with E-state index in [0.29, 0.717) is 24.8 Å². The van der Waals surface area contributed by atoms with E-state index < -0.39 is 5.60 Å². The predicted molar refractivity (Wildman–Crippen MR) is 110 cm³/mol. The number of rotatable bonds is 3. The molecular formula is C21H25N5O3. The van der Waals surface area contributed by atoms with E-state index in [1.54, 1.807) is 18.0 Å². The van der Waals surface area contributed by atoms with Crippen LogP contribution in [0.1, 0.15) is 33.1 Å². The summed E-state index contributed by atoms with van der Waals surface area (Å²) in [5.41, 5.74) is 0.371. The smallest absolute Gasteiger partial charge is 0.410 e. The van der Waals surface area contributed by atoms with Crippen LogP contribution in [0, 0.1) is 6.92 Å². The molecule has 1 atom stereocenters. The van der Waals surface area contributed by atoms with Crippen LogP contribution in [0.4, 0.5) is 10.6 Å². The van der Waals surface area contributed by atoms with E-state index in [1.165, 1.54) is 0 Å². The Hall–Kier alpha value is -3.16. The van der Waals surface area contributed by atoms with Crippen molar-refractivity contribution in [1.82, 2.24) is 20.0 Å². The molecule has 1 aliphatic rings. The van der Waals surface area contributed by atoms with Crippen LogP contribution >= 0.6 is 0 Å². The molecule has 3 heterocycles. The number of amides is 1. The number of anilines is 1. The van der Waals surface area contributed by atoms with E-state index in [2.05, 4.69) is 20.4 Å². The minimum Gasteiger partial charge on any atom is -0.444 e. The number of nitrogens with one attached hydrogen (secondary N) is 1. The molecule has 1 N–H and O–H groups in total. The fraction of sp³-hybridized carbons (Fsp3) is 0.429. The second kappa shape index (κ2) is 7.35. The Morgan fingerprint density at radius 1 is 1.31 bits per heavy atom. The van der Waals surface area contributed by atoms with Gasteiger partial charge in [-0.2, -0.15) is 4.98 Å². The van der Waals surface area contributed by atoms with Crippen molar-refractivity contribution in [2.75, 3.05) is 18.4 Å². The molecule has 1 aliphatic heterocycles. The third-order valence-corrected chi connectivity index (χ3v) is 4.73. The molecule has 0 radical (unpaired) electrons. The number of fused-ring (bicyclic) bond motifs is 1. The topological polar surface area (TPSA) is 93.4 Å². The Balaban J connectivity index is 1.53. The summed E-state index contributed by atoms with van der Waals surface area (Å²) < 4.78 is 10.6. The van der Waals surface area contributed by atoms with Crippen LogP contribution in [0.15, 0.2) is 35.0 Å². The number of hydrogen-bond donors (Lipinski definition) is 1. The molecule has 8 nitrogen and oxygen atoms in total. The first-order valence-electron chi connectivity index (χ1n) is 9.72. The molecule has 0 bridgehead atoms. The number of carbonyl (C=O) groups excluding carboxylic acids is 1. The van der Waals surface area contributed by atoms with Gasteiger partial charge in [0.15, 0.2) is 0 Å². The van der Waals surface area contributed by atoms with Gasteiger partial charge in [0, 0.05) is 43.2 Å². The zero-order valence-electron chi connectivity index (χ0n) is 17.1. The van der Waals surface area contributed by atoms with Gasteiger partial charge in [0.2, 0.25) is 11.7 Å². The maximum Gasteiger partial charge on any atom is 0.410 e. The monoisotopic (exact) mass is 395 g/mol. The Labute approximate surface area is 169 Å². The molecule has 1 amide bonds. The first kappa shape index (κ1) is 19.2. The molecule has 0 aliphatic carbocycles. The van der Waals surface area contributed by atoms with Crippen LogP contribution < -0.4 is 5.32 Å². The van der Waals surface area contributed by atoms with Crippen molar-refractivity contribution < 1.29 is 14.1 Å². The molecule has 0 spiro atoms. The van der Waals surface area contributed by atoms with E-state index in [0.717, 1.165) is 28.6 Å². The van der Waals surface area contributed by atoms with Crippen molar-refractivity contribution in [2.24, 2.45) is 0 Å². The van der Waals surface area contributed by atoms with Gasteiger partial charge in [-0.1, -0.05) is 17.3 Å². The summed E-state index contributed by atoms with van der Waals surface area (Å²) in [6, 6.07) is 8.07. The van der Waals surface area contributed by atoms with Gasteiger partial charge in [-0.15, -0.1) is 0 Å². The molecule has 152 valence electrons. The number of aryl methyl sites for hydroxylation is 1. The van der Waals surface area contributed by atoms with E-state index in [9.17, 15) is 4.79 Å². The number of ether oxygens (including phenoxy) is 1. The summed E-state index contributed by atoms with van der Waals surface area (Å²) in [4.78, 5) is 22.9. The van der Waals surface area contributed by atoms with Gasteiger partial charge < -0.3 is 19.5 Å². The molecule has 29 heavy (non-hydrogen) atoms. The van der Waals surface area contributed by atoms with Crippen molar-refractivity contribution in [3.63, 3.8) is 0 Å². The molecular weight excluding hydrogens is 370 g/mol. The second-order valence-electron chi connectivity index (χ2n) is 8.29. The first-order chi connectivity index (χ1) is 13.8. The lowest BCUT2D eigenvalue weighted by atomic mass is 10.1. The molecule has 1 aromatic carbocycles. The minimum absolute atomic E-state index is 0.108. The Bertz CT molecular complexity index is 1040. The average Bonchev–Trinajstić information content (AvgIpc) is 3.29. The predicted octanol–water partition coefficient (Wildman–Crippen LogP) is 4.01. The third kappa shape index (κ3) is 4.31. The Morgan fingerprint density at radius 2 is 2.14 bits per heavy atom. The van der Waals surface area contributed by atoms with Crippen LogP contribution in [0.3, 0.4) is 0 Å². The largest absolute Gasteiger partial charge is 0.444 e. The van der Waals surface area contributed by atoms with Gasteiger partial charge in [0.1, 0.15) is 11.4 Å². The molecule has 0 saturated carbocycles. The number of hydrogen-bond acceptors (Lipinski definition) is 7. The van der Waals surface area contributed by atoms with Crippen LogP contribution in [-0.4, -0.2) is 50.9 Å². The molecule has 1 fully saturated rings. The van der Waals surface area contributed by atoms with Crippen LogP contribution in [0.5, 0.6) is 0 Å². The quantitative estimate of drug-likeness (QED) is 0.716. The number of aromatic nitrogens is 3. The van der Waals surface area contributed by atoms with Gasteiger partial charge in [-0.3, -0.25) is 0 Å². The summed E-state index contributed by atoms with van der Waals surface area (Å²) in [5, 5.41) is 9.53. The highest BCUT2D eigenvalue weighted by Gasteiger charge is 2.30. The highest BCUT2D eigenvalue weighted by molar-refractivity contribution is 5.94. The number of pyridine rings is 1. The van der Waals surface area contributed by atoms with Crippen molar-refractivity contribution in [1.29, 1.82) is 0 Å². The Kier molecular flexibility index (Phi) is 4.86. The first-order valence-corrected chi connectivity index (χ1v) is 9.72. The number of nitrogens with zero attached hydrogens (tertiary/aromatic N) is 4. The van der Waals surface area contributed by atoms with Crippen molar-refractivity contribution >= 4 is 22.7 Å². The normalized spacial score (nSPS) is 17.0. The van der Waals surface area contributed by atoms with Gasteiger partial charge in [-0.05, 0) is 44.7 Å². The van der Waals surface area contributed by atoms with Crippen molar-refractivity contribution in [3.8, 4) is 11.4 Å². The number of likely N-dealkylation sites (tertiary alicyclic amines) is 1. The van der Waals surface area contributed by atoms with Crippen molar-refractivity contribution in [2.45, 2.75) is 45.8 Å². The third-order valence-electron chi connectivity index (χ3n) is 4.73. The summed E-state index contributed by atoms with van der Waals surface area (Å²) in [6.45, 7) is 8.63. The fourth-order valence-electron chi connectivity index (χ4n) is 3.40. The zero-order chi connectivity index (χ0) is 20.6. The SMILES string of the molecule is Cc1nc(-c2ccc3ccnc(N[C@H]4CCN(C(=O)OC(C)(C)C)C4)c3c2)no1. The number of benzene rings is 1. The summed E-state index contributed by atoms with van der Waals surface area (Å²) >= 11 is 0. The zero-order valence-corrected chi connectivity index (χ0v) is 17.1. The van der Waals surface area contributed by atoms with Gasteiger partial charge in [0.25, 0.3) is 0 Å². The molecule has 3 aromatic rings. The van der Waals surface area contributed by atoms with E-state index >= 15 is 0 Å². The van der Waals surface area contributed by atoms with E-state index in [-0.39, 0.29) is 12.1 Å². The lowest BCUT2D eigenvalue weighted by Crippen LogP contribution is -2.36. The molecule has 0 unspecified atom stereocenters. The minimum atomic E-state index is -0.496. The average molecular weight is 395 g/mol. The maximum atomic E-state index is 12.3. The second-order valence-corrected chi connectivity index (χ2v) is 8.29. The van der Waals surface area contributed by atoms with E-state index in [4.69, 9.17) is 9.26 Å². The standard InChI is InChI=1S/C21H25N5O3/c1-13-23-18(25-29-13)15-6-5-14-7-9-22-19(17(14)11-15)24-16-8-10-26(12-16)20(27)28-21(2,3)4/h5-7,9,11,16H,8,10,12H2,1-4H3,(H,22,24)/t16-/m0/s1. The van der Waals surface area contributed by atoms with Crippen LogP contribution in [0.25, 0.3) is 22.2 Å². The lowest BCUT2D eigenvalue weighted by Gasteiger charge is -2.24. The highest BCUT2D eigenvalue weighted by atomic mass is 16.6. The summed E-state index contributed by atoms with van der Waals surface area (Å²) in [6.07, 6.45) is 2.34. The van der Waals surface area contributed by atoms with E-state index in [1.807, 2.05) is 45.0 Å². The van der Waals surface area contributed by atoms with Gasteiger partial charge in [0.05, 0.1) is 0 Å². The molecule has 4 rings (SSSR count). The van der Waals surface area contributed by atoms with Crippen LogP contribution in [-0.2, 0) is 4.74 Å². The highest BCUT2D eigenvalue weighted by Crippen LogP contribution is 2.28. The molecule has 1 saturated heterocycles. The van der Waals surface area contributed by atoms with Crippen LogP contribution in [0.2, 0.25) is 0 Å². The maximum absolute atomic E-state index is 12.3. The van der Waals surface area contributed by atoms with Gasteiger partial charge in [-0.25, -0.2) is 9.78 Å². The molecule has 2 aromatic heterocycles. The van der Waals surface area contributed by atoms with Crippen molar-refractivity contribution in [3.05, 3.63) is 36.4 Å². The fourth-order valence-corrected chi connectivity index (χ4v) is 3.40. The Morgan fingerprint density at radius 3 is 2.86 bits per heavy atom. The lowest BCUT2D eigenvalue weighted by molar-refractivity contribution is 0.0293. The van der Waals surface area contributed by atoms with Gasteiger partial charge >= 0.3 is 6.09 Å². The molecule has 8 heteroatoms. The number of carbonyl (C=O) groups is 1. The summed E-state index contributed by atoms with van der Waals surface area (Å²) in [5.74, 6) is 1.86. The summed E-state index contributed by atoms with van der Waals surface area (Å²) in [7, 11) is 0.